The summed E-state index contributed by atoms with van der Waals surface area (Å²) in [6, 6.07) is 4.05. The van der Waals surface area contributed by atoms with E-state index in [1.807, 2.05) is 11.4 Å². The second kappa shape index (κ2) is 4.44. The number of rotatable bonds is 4. The highest BCUT2D eigenvalue weighted by atomic mass is 32.1. The number of carbonyl (C=O) groups is 2. The van der Waals surface area contributed by atoms with Crippen LogP contribution in [-0.4, -0.2) is 30.1 Å². The lowest BCUT2D eigenvalue weighted by Crippen LogP contribution is -2.30. The predicted molar refractivity (Wildman–Crippen MR) is 55.7 cm³/mol. The SMILES string of the molecule is O=C1COC(=O)N1CCCc1cccs1. The highest BCUT2D eigenvalue weighted by molar-refractivity contribution is 7.09. The Morgan fingerprint density at radius 2 is 2.33 bits per heavy atom. The molecular formula is C10H11NO3S. The molecular weight excluding hydrogens is 214 g/mol. The van der Waals surface area contributed by atoms with Crippen LogP contribution in [0.15, 0.2) is 17.5 Å². The van der Waals surface area contributed by atoms with E-state index in [4.69, 9.17) is 0 Å². The number of thiophene rings is 1. The van der Waals surface area contributed by atoms with E-state index in [1.54, 1.807) is 11.3 Å². The number of hydrogen-bond acceptors (Lipinski definition) is 4. The zero-order chi connectivity index (χ0) is 10.7. The van der Waals surface area contributed by atoms with Gasteiger partial charge in [0.1, 0.15) is 0 Å². The van der Waals surface area contributed by atoms with Crippen LogP contribution >= 0.6 is 11.3 Å². The van der Waals surface area contributed by atoms with Gasteiger partial charge in [-0.05, 0) is 24.3 Å². The first-order valence-electron chi connectivity index (χ1n) is 4.77. The first kappa shape index (κ1) is 10.2. The fourth-order valence-electron chi connectivity index (χ4n) is 1.46. The number of nitrogens with zero attached hydrogens (tertiary/aromatic N) is 1. The van der Waals surface area contributed by atoms with Gasteiger partial charge in [0.2, 0.25) is 0 Å². The van der Waals surface area contributed by atoms with Crippen LogP contribution in [0.5, 0.6) is 0 Å². The average molecular weight is 225 g/mol. The van der Waals surface area contributed by atoms with E-state index in [0.29, 0.717) is 6.54 Å². The topological polar surface area (TPSA) is 46.6 Å². The Labute approximate surface area is 91.5 Å². The van der Waals surface area contributed by atoms with Gasteiger partial charge in [-0.2, -0.15) is 0 Å². The second-order valence-corrected chi connectivity index (χ2v) is 4.32. The minimum Gasteiger partial charge on any atom is -0.439 e. The minimum atomic E-state index is -0.508. The first-order chi connectivity index (χ1) is 7.27. The average Bonchev–Trinajstić information content (AvgIpc) is 2.82. The molecule has 0 atom stereocenters. The third kappa shape index (κ3) is 2.36. The molecule has 1 saturated heterocycles. The van der Waals surface area contributed by atoms with Crippen molar-refractivity contribution in [2.24, 2.45) is 0 Å². The summed E-state index contributed by atoms with van der Waals surface area (Å²) < 4.78 is 4.61. The monoisotopic (exact) mass is 225 g/mol. The van der Waals surface area contributed by atoms with Crippen molar-refractivity contribution in [3.8, 4) is 0 Å². The third-order valence-electron chi connectivity index (χ3n) is 2.23. The van der Waals surface area contributed by atoms with Gasteiger partial charge in [-0.1, -0.05) is 6.07 Å². The van der Waals surface area contributed by atoms with E-state index in [9.17, 15) is 9.59 Å². The number of ether oxygens (including phenoxy) is 1. The lowest BCUT2D eigenvalue weighted by atomic mass is 10.2. The van der Waals surface area contributed by atoms with Gasteiger partial charge >= 0.3 is 6.09 Å². The Kier molecular flexibility index (Phi) is 3.01. The van der Waals surface area contributed by atoms with Crippen molar-refractivity contribution in [1.29, 1.82) is 0 Å². The van der Waals surface area contributed by atoms with Gasteiger partial charge in [0.05, 0.1) is 0 Å². The van der Waals surface area contributed by atoms with Crippen molar-refractivity contribution in [2.75, 3.05) is 13.2 Å². The number of hydrogen-bond donors (Lipinski definition) is 0. The minimum absolute atomic E-state index is 0.0994. The van der Waals surface area contributed by atoms with Crippen molar-refractivity contribution < 1.29 is 14.3 Å². The number of aryl methyl sites for hydroxylation is 1. The van der Waals surface area contributed by atoms with Crippen molar-refractivity contribution in [1.82, 2.24) is 4.90 Å². The Balaban J connectivity index is 1.78. The van der Waals surface area contributed by atoms with Gasteiger partial charge in [-0.3, -0.25) is 4.79 Å². The Morgan fingerprint density at radius 1 is 1.47 bits per heavy atom. The lowest BCUT2D eigenvalue weighted by molar-refractivity contribution is -0.125. The molecule has 0 aliphatic carbocycles. The number of imide groups is 1. The number of cyclic esters (lactones) is 1. The summed E-state index contributed by atoms with van der Waals surface area (Å²) in [5.74, 6) is -0.230. The quantitative estimate of drug-likeness (QED) is 0.783. The Bertz CT molecular complexity index is 345. The zero-order valence-electron chi connectivity index (χ0n) is 8.14. The van der Waals surface area contributed by atoms with Crippen molar-refractivity contribution in [2.45, 2.75) is 12.8 Å². The Hall–Kier alpha value is -1.36. The van der Waals surface area contributed by atoms with Gasteiger partial charge in [0.25, 0.3) is 5.91 Å². The summed E-state index contributed by atoms with van der Waals surface area (Å²) in [7, 11) is 0. The molecule has 0 saturated carbocycles. The van der Waals surface area contributed by atoms with Crippen LogP contribution in [0.3, 0.4) is 0 Å². The van der Waals surface area contributed by atoms with Crippen LogP contribution in [0, 0.1) is 0 Å². The molecule has 1 aliphatic heterocycles. The molecule has 1 aliphatic rings. The fraction of sp³-hybridized carbons (Fsp3) is 0.400. The molecule has 15 heavy (non-hydrogen) atoms. The van der Waals surface area contributed by atoms with Crippen molar-refractivity contribution in [3.63, 3.8) is 0 Å². The molecule has 4 nitrogen and oxygen atoms in total. The molecule has 0 spiro atoms. The maximum absolute atomic E-state index is 11.2. The van der Waals surface area contributed by atoms with E-state index in [0.717, 1.165) is 12.8 Å². The van der Waals surface area contributed by atoms with Gasteiger partial charge in [-0.15, -0.1) is 11.3 Å². The maximum atomic E-state index is 11.2. The highest BCUT2D eigenvalue weighted by Crippen LogP contribution is 2.12. The molecule has 0 aromatic carbocycles. The summed E-state index contributed by atoms with van der Waals surface area (Å²) >= 11 is 1.69. The molecule has 2 heterocycles. The largest absolute Gasteiger partial charge is 0.439 e. The third-order valence-corrected chi connectivity index (χ3v) is 3.16. The van der Waals surface area contributed by atoms with Crippen LogP contribution in [-0.2, 0) is 16.0 Å². The summed E-state index contributed by atoms with van der Waals surface area (Å²) in [5, 5.41) is 2.02. The van der Waals surface area contributed by atoms with Crippen LogP contribution in [0.4, 0.5) is 4.79 Å². The molecule has 0 unspecified atom stereocenters. The molecule has 1 fully saturated rings. The molecule has 1 aromatic heterocycles. The fourth-order valence-corrected chi connectivity index (χ4v) is 2.21. The van der Waals surface area contributed by atoms with E-state index >= 15 is 0 Å². The smallest absolute Gasteiger partial charge is 0.417 e. The maximum Gasteiger partial charge on any atom is 0.417 e. The summed E-state index contributed by atoms with van der Waals surface area (Å²) in [4.78, 5) is 24.7. The number of carbonyl (C=O) groups excluding carboxylic acids is 2. The summed E-state index contributed by atoms with van der Waals surface area (Å²) in [6.45, 7) is 0.355. The predicted octanol–water partition coefficient (Wildman–Crippen LogP) is 1.66. The van der Waals surface area contributed by atoms with Crippen molar-refractivity contribution >= 4 is 23.3 Å². The normalized spacial score (nSPS) is 15.9. The summed E-state index contributed by atoms with van der Waals surface area (Å²) in [6.07, 6.45) is 1.18. The molecule has 0 radical (unpaired) electrons. The highest BCUT2D eigenvalue weighted by Gasteiger charge is 2.29. The second-order valence-electron chi connectivity index (χ2n) is 3.28. The lowest BCUT2D eigenvalue weighted by Gasteiger charge is -2.09. The zero-order valence-corrected chi connectivity index (χ0v) is 8.96. The van der Waals surface area contributed by atoms with Crippen LogP contribution < -0.4 is 0 Å². The van der Waals surface area contributed by atoms with Crippen molar-refractivity contribution in [3.05, 3.63) is 22.4 Å². The Morgan fingerprint density at radius 3 is 2.93 bits per heavy atom. The van der Waals surface area contributed by atoms with Crippen LogP contribution in [0.25, 0.3) is 0 Å². The van der Waals surface area contributed by atoms with Crippen LogP contribution in [0.2, 0.25) is 0 Å². The van der Waals surface area contributed by atoms with Gasteiger partial charge in [0, 0.05) is 11.4 Å². The van der Waals surface area contributed by atoms with E-state index in [-0.39, 0.29) is 12.5 Å². The molecule has 0 N–H and O–H groups in total. The van der Waals surface area contributed by atoms with E-state index in [2.05, 4.69) is 10.8 Å². The van der Waals surface area contributed by atoms with Crippen LogP contribution in [0.1, 0.15) is 11.3 Å². The van der Waals surface area contributed by atoms with Gasteiger partial charge < -0.3 is 4.74 Å². The summed E-state index contributed by atoms with van der Waals surface area (Å²) in [5.41, 5.74) is 0. The number of amides is 2. The molecule has 0 bridgehead atoms. The van der Waals surface area contributed by atoms with E-state index in [1.165, 1.54) is 9.78 Å². The first-order valence-corrected chi connectivity index (χ1v) is 5.65. The van der Waals surface area contributed by atoms with Gasteiger partial charge in [0.15, 0.2) is 6.61 Å². The molecule has 1 aromatic rings. The van der Waals surface area contributed by atoms with Gasteiger partial charge in [-0.25, -0.2) is 9.69 Å². The molecule has 2 rings (SSSR count). The molecule has 5 heteroatoms. The molecule has 80 valence electrons. The van der Waals surface area contributed by atoms with E-state index < -0.39 is 6.09 Å². The molecule has 2 amide bonds. The standard InChI is InChI=1S/C10H11NO3S/c12-9-7-14-10(13)11(9)5-1-3-8-4-2-6-15-8/h2,4,6H,1,3,5,7H2.